The number of ether oxygens (including phenoxy) is 1. The average molecular weight is 509 g/mol. The molecule has 3 N–H and O–H groups in total. The standard InChI is InChI=1S/C28H36N4O5/c1-5-20(6-2)37-25-14-19(28(35)36)13-22(26(25)29-17(4)33)30-27(34)24-15-21(18-11-12-18)31-32(24)23-10-8-7-9-16(23)3/h7-10,14-15,18,20,22,25-26H,5-6,11-13H2,1-4H3,(H,29,33)(H,30,34)(H,35,36)/t22-,25+,26+/m0/s1. The highest BCUT2D eigenvalue weighted by Crippen LogP contribution is 2.40. The van der Waals surface area contributed by atoms with Crippen molar-refractivity contribution in [3.63, 3.8) is 0 Å². The maximum absolute atomic E-state index is 13.7. The summed E-state index contributed by atoms with van der Waals surface area (Å²) in [5.74, 6) is -1.39. The molecule has 0 aliphatic heterocycles. The summed E-state index contributed by atoms with van der Waals surface area (Å²) in [5.41, 5.74) is 3.18. The minimum atomic E-state index is -1.07. The summed E-state index contributed by atoms with van der Waals surface area (Å²) in [4.78, 5) is 37.8. The number of hydrogen-bond acceptors (Lipinski definition) is 5. The number of carboxylic acid groups (broad SMARTS) is 1. The van der Waals surface area contributed by atoms with Gasteiger partial charge in [0, 0.05) is 24.8 Å². The number of amides is 2. The molecule has 2 aliphatic carbocycles. The highest BCUT2D eigenvalue weighted by molar-refractivity contribution is 5.94. The topological polar surface area (TPSA) is 123 Å². The molecule has 9 nitrogen and oxygen atoms in total. The molecule has 1 aromatic carbocycles. The Morgan fingerprint density at radius 3 is 2.46 bits per heavy atom. The summed E-state index contributed by atoms with van der Waals surface area (Å²) in [6, 6.07) is 8.24. The molecule has 37 heavy (non-hydrogen) atoms. The van der Waals surface area contributed by atoms with Crippen LogP contribution in [-0.4, -0.2) is 57.0 Å². The number of carbonyl (C=O) groups excluding carboxylic acids is 2. The Bertz CT molecular complexity index is 1190. The van der Waals surface area contributed by atoms with Crippen molar-refractivity contribution < 1.29 is 24.2 Å². The van der Waals surface area contributed by atoms with Crippen molar-refractivity contribution in [2.24, 2.45) is 0 Å². The van der Waals surface area contributed by atoms with Gasteiger partial charge in [-0.15, -0.1) is 0 Å². The van der Waals surface area contributed by atoms with E-state index in [0.29, 0.717) is 11.6 Å². The van der Waals surface area contributed by atoms with Crippen molar-refractivity contribution in [2.45, 2.75) is 90.0 Å². The quantitative estimate of drug-likeness (QED) is 0.450. The number of carbonyl (C=O) groups is 3. The van der Waals surface area contributed by atoms with E-state index < -0.39 is 24.2 Å². The summed E-state index contributed by atoms with van der Waals surface area (Å²) in [6.07, 6.45) is 4.39. The van der Waals surface area contributed by atoms with E-state index in [2.05, 4.69) is 10.6 Å². The average Bonchev–Trinajstić information content (AvgIpc) is 3.62. The van der Waals surface area contributed by atoms with E-state index in [1.54, 1.807) is 10.8 Å². The highest BCUT2D eigenvalue weighted by atomic mass is 16.5. The first-order chi connectivity index (χ1) is 17.7. The van der Waals surface area contributed by atoms with Crippen LogP contribution in [0.2, 0.25) is 0 Å². The number of benzene rings is 1. The Morgan fingerprint density at radius 1 is 1.16 bits per heavy atom. The second kappa shape index (κ2) is 11.3. The van der Waals surface area contributed by atoms with Crippen LogP contribution in [-0.2, 0) is 14.3 Å². The number of hydrogen-bond donors (Lipinski definition) is 3. The number of rotatable bonds is 10. The molecule has 3 atom stereocenters. The lowest BCUT2D eigenvalue weighted by molar-refractivity contribution is -0.133. The van der Waals surface area contributed by atoms with Crippen molar-refractivity contribution in [3.8, 4) is 5.69 Å². The predicted molar refractivity (Wildman–Crippen MR) is 139 cm³/mol. The van der Waals surface area contributed by atoms with Crippen LogP contribution in [0.25, 0.3) is 5.69 Å². The fourth-order valence-corrected chi connectivity index (χ4v) is 4.87. The first kappa shape index (κ1) is 26.6. The molecule has 1 heterocycles. The summed E-state index contributed by atoms with van der Waals surface area (Å²) in [5, 5.41) is 20.5. The van der Waals surface area contributed by atoms with Gasteiger partial charge in [0.1, 0.15) is 5.69 Å². The zero-order valence-electron chi connectivity index (χ0n) is 21.9. The van der Waals surface area contributed by atoms with E-state index in [1.165, 1.54) is 6.92 Å². The van der Waals surface area contributed by atoms with Crippen LogP contribution in [0, 0.1) is 6.92 Å². The number of nitrogens with zero attached hydrogens (tertiary/aromatic N) is 2. The van der Waals surface area contributed by atoms with Crippen LogP contribution in [0.15, 0.2) is 42.0 Å². The number of carboxylic acids is 1. The molecule has 9 heteroatoms. The van der Waals surface area contributed by atoms with E-state index in [1.807, 2.05) is 51.1 Å². The smallest absolute Gasteiger partial charge is 0.331 e. The van der Waals surface area contributed by atoms with Gasteiger partial charge in [0.15, 0.2) is 0 Å². The lowest BCUT2D eigenvalue weighted by Gasteiger charge is -2.38. The van der Waals surface area contributed by atoms with Gasteiger partial charge in [-0.3, -0.25) is 9.59 Å². The number of nitrogens with one attached hydrogen (secondary N) is 2. The lowest BCUT2D eigenvalue weighted by atomic mass is 9.87. The molecule has 0 bridgehead atoms. The SMILES string of the molecule is CCC(CC)O[C@@H]1C=C(C(=O)O)C[C@H](NC(=O)c2cc(C3CC3)nn2-c2ccccc2C)[C@H]1NC(C)=O. The first-order valence-corrected chi connectivity index (χ1v) is 13.0. The molecular weight excluding hydrogens is 472 g/mol. The molecule has 1 fully saturated rings. The van der Waals surface area contributed by atoms with Crippen molar-refractivity contribution in [1.82, 2.24) is 20.4 Å². The summed E-state index contributed by atoms with van der Waals surface area (Å²) in [6.45, 7) is 7.36. The zero-order valence-corrected chi connectivity index (χ0v) is 21.9. The van der Waals surface area contributed by atoms with Gasteiger partial charge in [0.25, 0.3) is 5.91 Å². The molecule has 2 aromatic rings. The number of aryl methyl sites for hydroxylation is 1. The molecular formula is C28H36N4O5. The molecule has 0 spiro atoms. The molecule has 198 valence electrons. The summed E-state index contributed by atoms with van der Waals surface area (Å²) < 4.78 is 7.90. The van der Waals surface area contributed by atoms with Gasteiger partial charge in [-0.05, 0) is 56.4 Å². The van der Waals surface area contributed by atoms with Crippen LogP contribution in [0.5, 0.6) is 0 Å². The Kier molecular flexibility index (Phi) is 8.12. The Labute approximate surface area is 217 Å². The Morgan fingerprint density at radius 2 is 1.86 bits per heavy atom. The van der Waals surface area contributed by atoms with Crippen molar-refractivity contribution >= 4 is 17.8 Å². The van der Waals surface area contributed by atoms with Gasteiger partial charge in [-0.2, -0.15) is 5.10 Å². The van der Waals surface area contributed by atoms with Crippen LogP contribution >= 0.6 is 0 Å². The molecule has 0 saturated heterocycles. The largest absolute Gasteiger partial charge is 0.478 e. The van der Waals surface area contributed by atoms with Crippen molar-refractivity contribution in [3.05, 3.63) is 58.9 Å². The lowest BCUT2D eigenvalue weighted by Crippen LogP contribution is -2.59. The second-order valence-electron chi connectivity index (χ2n) is 9.97. The van der Waals surface area contributed by atoms with E-state index >= 15 is 0 Å². The van der Waals surface area contributed by atoms with Crippen molar-refractivity contribution in [2.75, 3.05) is 0 Å². The zero-order chi connectivity index (χ0) is 26.7. The van der Waals surface area contributed by atoms with Crippen LogP contribution < -0.4 is 10.6 Å². The van der Waals surface area contributed by atoms with Gasteiger partial charge in [-0.1, -0.05) is 32.0 Å². The van der Waals surface area contributed by atoms with Gasteiger partial charge in [0.2, 0.25) is 5.91 Å². The maximum Gasteiger partial charge on any atom is 0.331 e. The molecule has 4 rings (SSSR count). The van der Waals surface area contributed by atoms with E-state index in [-0.39, 0.29) is 29.9 Å². The molecule has 2 aliphatic rings. The molecule has 1 aromatic heterocycles. The highest BCUT2D eigenvalue weighted by Gasteiger charge is 2.39. The van der Waals surface area contributed by atoms with Gasteiger partial charge >= 0.3 is 5.97 Å². The molecule has 2 amide bonds. The minimum absolute atomic E-state index is 0.0583. The molecule has 0 unspecified atom stereocenters. The summed E-state index contributed by atoms with van der Waals surface area (Å²) in [7, 11) is 0. The molecule has 1 saturated carbocycles. The van der Waals surface area contributed by atoms with Gasteiger partial charge < -0.3 is 20.5 Å². The fourth-order valence-electron chi connectivity index (χ4n) is 4.87. The first-order valence-electron chi connectivity index (χ1n) is 13.0. The van der Waals surface area contributed by atoms with E-state index in [0.717, 1.165) is 42.6 Å². The number of para-hydroxylation sites is 1. The normalized spacial score (nSPS) is 21.4. The second-order valence-corrected chi connectivity index (χ2v) is 9.97. The van der Waals surface area contributed by atoms with Crippen LogP contribution in [0.1, 0.15) is 80.5 Å². The fraction of sp³-hybridized carbons (Fsp3) is 0.500. The van der Waals surface area contributed by atoms with E-state index in [4.69, 9.17) is 9.84 Å². The Balaban J connectivity index is 1.68. The monoisotopic (exact) mass is 508 g/mol. The number of aromatic nitrogens is 2. The maximum atomic E-state index is 13.7. The summed E-state index contributed by atoms with van der Waals surface area (Å²) >= 11 is 0. The van der Waals surface area contributed by atoms with Crippen LogP contribution in [0.3, 0.4) is 0 Å². The third kappa shape index (κ3) is 6.10. The number of aliphatic carboxylic acids is 1. The van der Waals surface area contributed by atoms with Crippen molar-refractivity contribution in [1.29, 1.82) is 0 Å². The van der Waals surface area contributed by atoms with Crippen LogP contribution in [0.4, 0.5) is 0 Å². The third-order valence-corrected chi connectivity index (χ3v) is 7.11. The Hall–Kier alpha value is -3.46. The van der Waals surface area contributed by atoms with Gasteiger partial charge in [-0.25, -0.2) is 9.48 Å². The molecule has 0 radical (unpaired) electrons. The van der Waals surface area contributed by atoms with E-state index in [9.17, 15) is 19.5 Å². The minimum Gasteiger partial charge on any atom is -0.478 e. The van der Waals surface area contributed by atoms with Gasteiger partial charge in [0.05, 0.1) is 35.7 Å². The predicted octanol–water partition coefficient (Wildman–Crippen LogP) is 3.65. The third-order valence-electron chi connectivity index (χ3n) is 7.11.